The molecule has 2 aromatic heterocycles. The van der Waals surface area contributed by atoms with Crippen molar-refractivity contribution in [1.82, 2.24) is 20.3 Å². The largest absolute Gasteiger partial charge is 0.486 e. The lowest BCUT2D eigenvalue weighted by Crippen LogP contribution is -2.31. The molecule has 2 heterocycles. The van der Waals surface area contributed by atoms with Crippen LogP contribution in [0, 0.1) is 22.0 Å². The highest BCUT2D eigenvalue weighted by Gasteiger charge is 2.21. The lowest BCUT2D eigenvalue weighted by atomic mass is 10.1. The Balaban J connectivity index is 1.61. The van der Waals surface area contributed by atoms with Gasteiger partial charge >= 0.3 is 6.09 Å². The summed E-state index contributed by atoms with van der Waals surface area (Å²) in [4.78, 5) is 35.6. The molecule has 198 valence electrons. The molecule has 0 aliphatic rings. The van der Waals surface area contributed by atoms with Crippen LogP contribution in [0.25, 0.3) is 10.9 Å². The highest BCUT2D eigenvalue weighted by Crippen LogP contribution is 2.33. The molecule has 0 bridgehead atoms. The number of anilines is 2. The quantitative estimate of drug-likeness (QED) is 0.177. The van der Waals surface area contributed by atoms with Gasteiger partial charge in [0.2, 0.25) is 0 Å². The molecule has 2 aromatic carbocycles. The number of nitro groups is 1. The van der Waals surface area contributed by atoms with Crippen LogP contribution in [-0.4, -0.2) is 38.6 Å². The second-order valence-corrected chi connectivity index (χ2v) is 9.05. The van der Waals surface area contributed by atoms with E-state index in [1.165, 1.54) is 25.5 Å². The van der Waals surface area contributed by atoms with Gasteiger partial charge in [-0.15, -0.1) is 0 Å². The van der Waals surface area contributed by atoms with Gasteiger partial charge in [-0.05, 0) is 50.2 Å². The number of ether oxygens (including phenoxy) is 2. The molecule has 0 fully saturated rings. The van der Waals surface area contributed by atoms with Gasteiger partial charge in [0.1, 0.15) is 30.1 Å². The van der Waals surface area contributed by atoms with E-state index in [1.54, 1.807) is 38.2 Å². The predicted octanol–water partition coefficient (Wildman–Crippen LogP) is 5.40. The number of carbonyl (C=O) groups is 1. The second-order valence-electron chi connectivity index (χ2n) is 8.65. The van der Waals surface area contributed by atoms with E-state index in [-0.39, 0.29) is 17.9 Å². The topological polar surface area (TPSA) is 141 Å². The summed E-state index contributed by atoms with van der Waals surface area (Å²) >= 11 is 6.42. The smallest absolute Gasteiger partial charge is 0.408 e. The third kappa shape index (κ3) is 6.88. The first-order chi connectivity index (χ1) is 18.6. The minimum Gasteiger partial charge on any atom is -0.486 e. The first-order valence-electron chi connectivity index (χ1n) is 11.6. The number of benzene rings is 2. The van der Waals surface area contributed by atoms with Crippen molar-refractivity contribution in [2.75, 3.05) is 12.4 Å². The van der Waals surface area contributed by atoms with E-state index in [0.717, 1.165) is 5.69 Å². The zero-order valence-corrected chi connectivity index (χ0v) is 21.9. The minimum atomic E-state index is -1.19. The van der Waals surface area contributed by atoms with Crippen molar-refractivity contribution in [3.63, 3.8) is 0 Å². The standard InChI is InChI=1S/C27H23ClN6O5/c1-27(2,39-26(35)29-3)10-9-17-12-22-20(14-23(17)34(36)37)25(32-16-31-22)33-18-7-8-24(21(28)13-18)38-15-19-6-4-5-11-30-19/h4-8,11-14,16H,15H2,1-3H3,(H,29,35)(H,31,32,33). The summed E-state index contributed by atoms with van der Waals surface area (Å²) in [7, 11) is 1.42. The number of nitrogens with one attached hydrogen (secondary N) is 2. The molecule has 0 aliphatic heterocycles. The van der Waals surface area contributed by atoms with E-state index in [9.17, 15) is 14.9 Å². The van der Waals surface area contributed by atoms with Crippen molar-refractivity contribution in [3.8, 4) is 17.6 Å². The van der Waals surface area contributed by atoms with Crippen LogP contribution in [0.15, 0.2) is 61.1 Å². The molecule has 4 aromatic rings. The van der Waals surface area contributed by atoms with Crippen molar-refractivity contribution in [1.29, 1.82) is 0 Å². The Kier molecular flexibility index (Phi) is 8.07. The number of hydrogen-bond acceptors (Lipinski definition) is 9. The molecule has 12 heteroatoms. The van der Waals surface area contributed by atoms with Crippen molar-refractivity contribution in [2.45, 2.75) is 26.1 Å². The Hall–Kier alpha value is -4.95. The van der Waals surface area contributed by atoms with E-state index in [4.69, 9.17) is 21.1 Å². The maximum atomic E-state index is 11.9. The molecule has 0 atom stereocenters. The average molecular weight is 547 g/mol. The molecular weight excluding hydrogens is 524 g/mol. The Morgan fingerprint density at radius 3 is 2.67 bits per heavy atom. The third-order valence-electron chi connectivity index (χ3n) is 5.30. The van der Waals surface area contributed by atoms with Crippen LogP contribution in [0.1, 0.15) is 25.1 Å². The van der Waals surface area contributed by atoms with Crippen LogP contribution >= 0.6 is 11.6 Å². The highest BCUT2D eigenvalue weighted by molar-refractivity contribution is 6.32. The van der Waals surface area contributed by atoms with Gasteiger partial charge in [0.05, 0.1) is 21.2 Å². The summed E-state index contributed by atoms with van der Waals surface area (Å²) in [6.07, 6.45) is 2.35. The fourth-order valence-electron chi connectivity index (χ4n) is 3.44. The Bertz CT molecular complexity index is 1600. The molecule has 0 radical (unpaired) electrons. The van der Waals surface area contributed by atoms with Gasteiger partial charge in [-0.25, -0.2) is 14.8 Å². The molecule has 11 nitrogen and oxygen atoms in total. The Morgan fingerprint density at radius 1 is 1.15 bits per heavy atom. The number of nitrogens with zero attached hydrogens (tertiary/aromatic N) is 4. The zero-order chi connectivity index (χ0) is 28.0. The van der Waals surface area contributed by atoms with Gasteiger partial charge in [0, 0.05) is 30.4 Å². The number of fused-ring (bicyclic) bond motifs is 1. The molecular formula is C27H23ClN6O5. The summed E-state index contributed by atoms with van der Waals surface area (Å²) in [5, 5.41) is 18.1. The lowest BCUT2D eigenvalue weighted by Gasteiger charge is -2.18. The summed E-state index contributed by atoms with van der Waals surface area (Å²) < 4.78 is 10.9. The Labute approximate surface area is 228 Å². The number of rotatable bonds is 7. The van der Waals surface area contributed by atoms with Gasteiger partial charge in [-0.1, -0.05) is 29.5 Å². The molecule has 0 aliphatic carbocycles. The minimum absolute atomic E-state index is 0.114. The summed E-state index contributed by atoms with van der Waals surface area (Å²) in [6, 6.07) is 13.5. The van der Waals surface area contributed by atoms with Crippen LogP contribution in [-0.2, 0) is 11.3 Å². The van der Waals surface area contributed by atoms with Crippen LogP contribution in [0.3, 0.4) is 0 Å². The van der Waals surface area contributed by atoms with E-state index in [0.29, 0.717) is 33.2 Å². The maximum Gasteiger partial charge on any atom is 0.408 e. The van der Waals surface area contributed by atoms with E-state index < -0.39 is 16.6 Å². The summed E-state index contributed by atoms with van der Waals surface area (Å²) in [5.74, 6) is 6.32. The SMILES string of the molecule is CNC(=O)OC(C)(C)C#Cc1cc2ncnc(Nc3ccc(OCc4ccccn4)c(Cl)c3)c2cc1[N+](=O)[O-]. The molecule has 0 saturated heterocycles. The molecule has 4 rings (SSSR count). The highest BCUT2D eigenvalue weighted by atomic mass is 35.5. The molecule has 0 unspecified atom stereocenters. The van der Waals surface area contributed by atoms with Crippen molar-refractivity contribution >= 4 is 45.8 Å². The number of halogens is 1. The molecule has 2 N–H and O–H groups in total. The van der Waals surface area contributed by atoms with Gasteiger partial charge in [-0.2, -0.15) is 0 Å². The van der Waals surface area contributed by atoms with Gasteiger partial charge < -0.3 is 20.1 Å². The van der Waals surface area contributed by atoms with Crippen LogP contribution in [0.2, 0.25) is 5.02 Å². The number of pyridine rings is 1. The fraction of sp³-hybridized carbons (Fsp3) is 0.185. The molecule has 0 saturated carbocycles. The number of amides is 1. The average Bonchev–Trinajstić information content (AvgIpc) is 2.91. The molecule has 1 amide bonds. The first kappa shape index (κ1) is 27.1. The van der Waals surface area contributed by atoms with Gasteiger partial charge in [0.15, 0.2) is 5.60 Å². The predicted molar refractivity (Wildman–Crippen MR) is 146 cm³/mol. The number of hydrogen-bond donors (Lipinski definition) is 2. The van der Waals surface area contributed by atoms with Crippen LogP contribution < -0.4 is 15.4 Å². The van der Waals surface area contributed by atoms with E-state index >= 15 is 0 Å². The van der Waals surface area contributed by atoms with Crippen LogP contribution in [0.4, 0.5) is 22.0 Å². The third-order valence-corrected chi connectivity index (χ3v) is 5.59. The molecule has 39 heavy (non-hydrogen) atoms. The fourth-order valence-corrected chi connectivity index (χ4v) is 3.67. The normalized spacial score (nSPS) is 10.8. The van der Waals surface area contributed by atoms with Gasteiger partial charge in [0.25, 0.3) is 5.69 Å². The number of alkyl carbamates (subject to hydrolysis) is 1. The summed E-state index contributed by atoms with van der Waals surface area (Å²) in [6.45, 7) is 3.41. The van der Waals surface area contributed by atoms with Crippen molar-refractivity contribution < 1.29 is 19.2 Å². The Morgan fingerprint density at radius 2 is 1.97 bits per heavy atom. The van der Waals surface area contributed by atoms with Crippen molar-refractivity contribution in [2.24, 2.45) is 0 Å². The number of carbonyl (C=O) groups excluding carboxylic acids is 1. The maximum absolute atomic E-state index is 11.9. The summed E-state index contributed by atoms with van der Waals surface area (Å²) in [5.41, 5.74) is 0.451. The number of aromatic nitrogens is 3. The molecule has 0 spiro atoms. The van der Waals surface area contributed by atoms with E-state index in [1.807, 2.05) is 18.2 Å². The van der Waals surface area contributed by atoms with E-state index in [2.05, 4.69) is 37.4 Å². The lowest BCUT2D eigenvalue weighted by molar-refractivity contribution is -0.385. The monoisotopic (exact) mass is 546 g/mol. The number of nitro benzene ring substituents is 1. The van der Waals surface area contributed by atoms with Crippen molar-refractivity contribution in [3.05, 3.63) is 87.4 Å². The zero-order valence-electron chi connectivity index (χ0n) is 21.2. The first-order valence-corrected chi connectivity index (χ1v) is 12.0. The van der Waals surface area contributed by atoms with Gasteiger partial charge in [-0.3, -0.25) is 15.1 Å². The van der Waals surface area contributed by atoms with Crippen LogP contribution in [0.5, 0.6) is 5.75 Å². The second kappa shape index (κ2) is 11.6.